The maximum Gasteiger partial charge on any atom is 0.425 e. The van der Waals surface area contributed by atoms with E-state index in [0.717, 1.165) is 0 Å². The number of hydrogen-bond acceptors (Lipinski definition) is 4. The molecule has 0 radical (unpaired) electrons. The summed E-state index contributed by atoms with van der Waals surface area (Å²) in [6.07, 6.45) is -4.55. The molecule has 3 heterocycles. The molecule has 2 aliphatic heterocycles. The molecule has 1 saturated heterocycles. The molecule has 1 fully saturated rings. The zero-order chi connectivity index (χ0) is 20.4. The van der Waals surface area contributed by atoms with Crippen molar-refractivity contribution in [2.45, 2.75) is 63.6 Å². The van der Waals surface area contributed by atoms with Crippen LogP contribution in [0.3, 0.4) is 0 Å². The van der Waals surface area contributed by atoms with Gasteiger partial charge in [0.25, 0.3) is 0 Å². The zero-order valence-electron chi connectivity index (χ0n) is 16.3. The van der Waals surface area contributed by atoms with Gasteiger partial charge in [-0.3, -0.25) is 4.98 Å². The number of halogens is 3. The van der Waals surface area contributed by atoms with Gasteiger partial charge in [-0.1, -0.05) is 13.8 Å². The molecule has 152 valence electrons. The molecule has 0 aliphatic carbocycles. The number of fused-ring (bicyclic) bond motifs is 1. The lowest BCUT2D eigenvalue weighted by molar-refractivity contribution is -0.188. The van der Waals surface area contributed by atoms with E-state index < -0.39 is 39.7 Å². The van der Waals surface area contributed by atoms with Gasteiger partial charge in [0.05, 0.1) is 39.3 Å². The summed E-state index contributed by atoms with van der Waals surface area (Å²) < 4.78 is 66.6. The summed E-state index contributed by atoms with van der Waals surface area (Å²) in [6.45, 7) is 10.7. The van der Waals surface area contributed by atoms with Crippen molar-refractivity contribution >= 4 is 11.0 Å². The molecule has 0 saturated carbocycles. The number of nitrogens with one attached hydrogen (secondary N) is 1. The third-order valence-corrected chi connectivity index (χ3v) is 6.85. The molecule has 0 amide bonds. The predicted molar refractivity (Wildman–Crippen MR) is 95.7 cm³/mol. The molecule has 27 heavy (non-hydrogen) atoms. The third kappa shape index (κ3) is 3.17. The van der Waals surface area contributed by atoms with E-state index in [2.05, 4.69) is 9.71 Å². The highest BCUT2D eigenvalue weighted by atomic mass is 32.2. The predicted octanol–water partition coefficient (Wildman–Crippen LogP) is 3.47. The van der Waals surface area contributed by atoms with E-state index >= 15 is 0 Å². The monoisotopic (exact) mass is 406 g/mol. The number of pyridine rings is 1. The lowest BCUT2D eigenvalue weighted by atomic mass is 9.81. The first kappa shape index (κ1) is 20.5. The third-order valence-electron chi connectivity index (χ3n) is 5.19. The lowest BCUT2D eigenvalue weighted by Gasteiger charge is -2.35. The molecule has 3 unspecified atom stereocenters. The fourth-order valence-electron chi connectivity index (χ4n) is 3.17. The minimum atomic E-state index is -4.55. The highest BCUT2D eigenvalue weighted by Crippen LogP contribution is 2.53. The zero-order valence-corrected chi connectivity index (χ0v) is 17.1. The molecule has 0 spiro atoms. The van der Waals surface area contributed by atoms with Gasteiger partial charge >= 0.3 is 6.18 Å². The van der Waals surface area contributed by atoms with Crippen LogP contribution < -0.4 is 9.46 Å². The first-order valence-electron chi connectivity index (χ1n) is 8.80. The normalized spacial score (nSPS) is 28.8. The summed E-state index contributed by atoms with van der Waals surface area (Å²) in [5.74, 6) is 0.366. The van der Waals surface area contributed by atoms with Crippen LogP contribution in [0.5, 0.6) is 5.75 Å². The summed E-state index contributed by atoms with van der Waals surface area (Å²) in [4.78, 5) is 4.12. The Labute approximate surface area is 159 Å². The van der Waals surface area contributed by atoms with E-state index in [-0.39, 0.29) is 18.2 Å². The number of alkyl halides is 3. The highest BCUT2D eigenvalue weighted by molar-refractivity contribution is 7.84. The highest BCUT2D eigenvalue weighted by Gasteiger charge is 2.68. The van der Waals surface area contributed by atoms with Crippen LogP contribution in [0.4, 0.5) is 13.2 Å². The summed E-state index contributed by atoms with van der Waals surface area (Å²) in [7, 11) is -1.43. The molecule has 5 nitrogen and oxygen atoms in total. The SMILES string of the molecule is Cc1nc(C2(C(F)(F)F)CO2)cc2c1OCC2(NS(=O)C(C)(C)C)C(C)C. The van der Waals surface area contributed by atoms with E-state index in [4.69, 9.17) is 9.47 Å². The van der Waals surface area contributed by atoms with Crippen LogP contribution in [-0.2, 0) is 26.9 Å². The Hall–Kier alpha value is -1.19. The Morgan fingerprint density at radius 3 is 2.30 bits per heavy atom. The maximum atomic E-state index is 13.5. The van der Waals surface area contributed by atoms with Gasteiger partial charge < -0.3 is 9.47 Å². The van der Waals surface area contributed by atoms with Crippen molar-refractivity contribution < 1.29 is 26.9 Å². The number of hydrogen-bond donors (Lipinski definition) is 1. The first-order valence-corrected chi connectivity index (χ1v) is 9.95. The molecule has 0 bridgehead atoms. The standard InChI is InChI=1S/C18H25F3N2O3S/c1-10(2)16(23-27(24)15(4,5)6)8-25-14-11(3)22-13(7-12(14)16)17(9-26-17)18(19,20)21/h7,10,23H,8-9H2,1-6H3. The van der Waals surface area contributed by atoms with Crippen molar-refractivity contribution in [3.05, 3.63) is 23.0 Å². The van der Waals surface area contributed by atoms with Gasteiger partial charge in [0.15, 0.2) is 0 Å². The largest absolute Gasteiger partial charge is 0.489 e. The van der Waals surface area contributed by atoms with Gasteiger partial charge in [0.2, 0.25) is 5.60 Å². The van der Waals surface area contributed by atoms with Gasteiger partial charge in [-0.15, -0.1) is 0 Å². The number of ether oxygens (including phenoxy) is 2. The van der Waals surface area contributed by atoms with Gasteiger partial charge in [-0.2, -0.15) is 13.2 Å². The fourth-order valence-corrected chi connectivity index (χ4v) is 4.21. The molecule has 2 aliphatic rings. The molecule has 1 aromatic rings. The molecule has 1 N–H and O–H groups in total. The van der Waals surface area contributed by atoms with Crippen molar-refractivity contribution in [3.63, 3.8) is 0 Å². The summed E-state index contributed by atoms with van der Waals surface area (Å²) in [6, 6.07) is 1.41. The van der Waals surface area contributed by atoms with E-state index in [1.54, 1.807) is 6.92 Å². The maximum absolute atomic E-state index is 13.5. The van der Waals surface area contributed by atoms with Crippen LogP contribution in [0.15, 0.2) is 6.07 Å². The number of nitrogens with zero attached hydrogens (tertiary/aromatic N) is 1. The molecule has 1 aromatic heterocycles. The summed E-state index contributed by atoms with van der Waals surface area (Å²) in [5.41, 5.74) is -2.49. The average Bonchev–Trinajstić information content (AvgIpc) is 3.25. The first-order chi connectivity index (χ1) is 12.2. The Morgan fingerprint density at radius 1 is 1.26 bits per heavy atom. The van der Waals surface area contributed by atoms with E-state index in [9.17, 15) is 17.4 Å². The topological polar surface area (TPSA) is 63.8 Å². The van der Waals surface area contributed by atoms with E-state index in [0.29, 0.717) is 17.0 Å². The van der Waals surface area contributed by atoms with Crippen LogP contribution in [0.25, 0.3) is 0 Å². The second kappa shape index (κ2) is 6.15. The van der Waals surface area contributed by atoms with Gasteiger partial charge in [0, 0.05) is 5.56 Å². The Bertz CT molecular complexity index is 785. The van der Waals surface area contributed by atoms with Crippen molar-refractivity contribution in [1.82, 2.24) is 9.71 Å². The Morgan fingerprint density at radius 2 is 1.85 bits per heavy atom. The average molecular weight is 406 g/mol. The lowest BCUT2D eigenvalue weighted by Crippen LogP contribution is -2.52. The van der Waals surface area contributed by atoms with Crippen molar-refractivity contribution in [2.24, 2.45) is 5.92 Å². The van der Waals surface area contributed by atoms with E-state index in [1.807, 2.05) is 34.6 Å². The molecule has 3 atom stereocenters. The van der Waals surface area contributed by atoms with Gasteiger partial charge in [0.1, 0.15) is 12.4 Å². The van der Waals surface area contributed by atoms with Gasteiger partial charge in [-0.05, 0) is 39.7 Å². The minimum Gasteiger partial charge on any atom is -0.489 e. The van der Waals surface area contributed by atoms with Crippen molar-refractivity contribution in [2.75, 3.05) is 13.2 Å². The van der Waals surface area contributed by atoms with Gasteiger partial charge in [-0.25, -0.2) is 8.93 Å². The minimum absolute atomic E-state index is 0.0818. The second-order valence-corrected chi connectivity index (χ2v) is 10.4. The molecular weight excluding hydrogens is 381 g/mol. The van der Waals surface area contributed by atoms with Crippen LogP contribution in [0.1, 0.15) is 51.6 Å². The van der Waals surface area contributed by atoms with E-state index in [1.165, 1.54) is 6.07 Å². The van der Waals surface area contributed by atoms with Crippen molar-refractivity contribution in [3.8, 4) is 5.75 Å². The summed E-state index contributed by atoms with van der Waals surface area (Å²) in [5, 5.41) is 0. The van der Waals surface area contributed by atoms with Crippen LogP contribution in [-0.4, -0.2) is 33.3 Å². The Kier molecular flexibility index (Phi) is 4.68. The molecule has 9 heteroatoms. The molecule has 0 aromatic carbocycles. The summed E-state index contributed by atoms with van der Waals surface area (Å²) >= 11 is 0. The molecule has 3 rings (SSSR count). The number of aryl methyl sites for hydroxylation is 1. The van der Waals surface area contributed by atoms with Crippen molar-refractivity contribution in [1.29, 1.82) is 0 Å². The number of rotatable bonds is 4. The molecular formula is C18H25F3N2O3S. The number of epoxide rings is 1. The second-order valence-electron chi connectivity index (χ2n) is 8.48. The number of aromatic nitrogens is 1. The van der Waals surface area contributed by atoms with Crippen LogP contribution in [0.2, 0.25) is 0 Å². The quantitative estimate of drug-likeness (QED) is 0.778. The smallest absolute Gasteiger partial charge is 0.425 e. The van der Waals surface area contributed by atoms with Crippen LogP contribution in [0, 0.1) is 12.8 Å². The Balaban J connectivity index is 2.13. The van der Waals surface area contributed by atoms with Crippen LogP contribution >= 0.6 is 0 Å². The fraction of sp³-hybridized carbons (Fsp3) is 0.722.